The molecule has 0 saturated heterocycles. The monoisotopic (exact) mass is 515 g/mol. The summed E-state index contributed by atoms with van der Waals surface area (Å²) in [6.07, 6.45) is 0. The molecular weight excluding hydrogens is 498 g/mol. The molecule has 0 aliphatic carbocycles. The van der Waals surface area contributed by atoms with Crippen molar-refractivity contribution >= 4 is 60.7 Å². The fourth-order valence-corrected chi connectivity index (χ4v) is 5.33. The maximum atomic E-state index is 12.8. The number of benzene rings is 3. The van der Waals surface area contributed by atoms with Gasteiger partial charge in [0.05, 0.1) is 22.2 Å². The largest absolute Gasteiger partial charge is 0.468 e. The number of sulfonamides is 1. The van der Waals surface area contributed by atoms with Crippen molar-refractivity contribution in [3.8, 4) is 0 Å². The molecule has 11 heteroatoms. The van der Waals surface area contributed by atoms with Crippen LogP contribution in [0.2, 0.25) is 5.02 Å². The Morgan fingerprint density at radius 2 is 1.71 bits per heavy atom. The first kappa shape index (κ1) is 23.7. The van der Waals surface area contributed by atoms with Crippen LogP contribution in [-0.4, -0.2) is 32.0 Å². The number of para-hydroxylation sites is 1. The molecule has 0 bridgehead atoms. The molecule has 0 atom stereocenters. The number of ether oxygens (including phenoxy) is 1. The summed E-state index contributed by atoms with van der Waals surface area (Å²) in [5, 5.41) is 0.428. The van der Waals surface area contributed by atoms with Crippen molar-refractivity contribution in [3.05, 3.63) is 88.2 Å². The van der Waals surface area contributed by atoms with Gasteiger partial charge in [0, 0.05) is 16.3 Å². The third-order valence-electron chi connectivity index (χ3n) is 4.81. The lowest BCUT2D eigenvalue weighted by Crippen LogP contribution is -2.22. The van der Waals surface area contributed by atoms with Gasteiger partial charge >= 0.3 is 5.97 Å². The Labute approximate surface area is 204 Å². The first-order chi connectivity index (χ1) is 16.3. The highest BCUT2D eigenvalue weighted by Crippen LogP contribution is 2.20. The summed E-state index contributed by atoms with van der Waals surface area (Å²) in [7, 11) is -2.51. The summed E-state index contributed by atoms with van der Waals surface area (Å²) >= 11 is 7.09. The Morgan fingerprint density at radius 1 is 1.03 bits per heavy atom. The van der Waals surface area contributed by atoms with Crippen LogP contribution in [0.25, 0.3) is 10.2 Å². The van der Waals surface area contributed by atoms with E-state index in [4.69, 9.17) is 16.3 Å². The number of carbonyl (C=O) groups is 2. The molecule has 8 nitrogen and oxygen atoms in total. The van der Waals surface area contributed by atoms with E-state index >= 15 is 0 Å². The summed E-state index contributed by atoms with van der Waals surface area (Å²) in [5.41, 5.74) is 1.31. The van der Waals surface area contributed by atoms with E-state index in [9.17, 15) is 18.0 Å². The number of nitrogens with zero attached hydrogens (tertiary/aromatic N) is 2. The molecule has 34 heavy (non-hydrogen) atoms. The highest BCUT2D eigenvalue weighted by atomic mass is 35.5. The smallest absolute Gasteiger partial charge is 0.325 e. The molecule has 174 valence electrons. The maximum Gasteiger partial charge on any atom is 0.325 e. The summed E-state index contributed by atoms with van der Waals surface area (Å²) < 4.78 is 34.8. The highest BCUT2D eigenvalue weighted by Gasteiger charge is 2.15. The number of thiazole rings is 1. The van der Waals surface area contributed by atoms with Crippen molar-refractivity contribution in [2.45, 2.75) is 11.4 Å². The van der Waals surface area contributed by atoms with Crippen LogP contribution < -0.4 is 9.52 Å². The zero-order valence-corrected chi connectivity index (χ0v) is 20.2. The lowest BCUT2D eigenvalue weighted by Gasteiger charge is -2.08. The van der Waals surface area contributed by atoms with Crippen molar-refractivity contribution in [2.24, 2.45) is 4.99 Å². The Balaban J connectivity index is 1.60. The first-order valence-electron chi connectivity index (χ1n) is 9.89. The van der Waals surface area contributed by atoms with Gasteiger partial charge in [-0.2, -0.15) is 4.99 Å². The lowest BCUT2D eigenvalue weighted by atomic mass is 10.2. The van der Waals surface area contributed by atoms with Crippen molar-refractivity contribution in [2.75, 3.05) is 11.8 Å². The standard InChI is InChI=1S/C23H18ClN3O5S2/c1-32-21(28)14-27-19-4-2-3-5-20(19)33-23(27)25-22(29)15-6-10-17(11-7-15)26-34(30,31)18-12-8-16(24)9-13-18/h2-13,26H,14H2,1H3. The van der Waals surface area contributed by atoms with Gasteiger partial charge in [0.2, 0.25) is 0 Å². The quantitative estimate of drug-likeness (QED) is 0.389. The molecule has 0 aliphatic heterocycles. The summed E-state index contributed by atoms with van der Waals surface area (Å²) in [4.78, 5) is 29.3. The van der Waals surface area contributed by atoms with Gasteiger partial charge in [-0.25, -0.2) is 8.42 Å². The molecule has 0 spiro atoms. The fraction of sp³-hybridized carbons (Fsp3) is 0.0870. The van der Waals surface area contributed by atoms with E-state index in [1.54, 1.807) is 4.57 Å². The zero-order chi connectivity index (χ0) is 24.3. The number of methoxy groups -OCH3 is 1. The van der Waals surface area contributed by atoms with E-state index < -0.39 is 21.9 Å². The molecule has 4 aromatic rings. The minimum atomic E-state index is -3.81. The van der Waals surface area contributed by atoms with Crippen molar-refractivity contribution in [3.63, 3.8) is 0 Å². The summed E-state index contributed by atoms with van der Waals surface area (Å²) in [6.45, 7) is -0.0853. The van der Waals surface area contributed by atoms with Crippen LogP contribution in [0, 0.1) is 0 Å². The Morgan fingerprint density at radius 3 is 2.38 bits per heavy atom. The number of esters is 1. The van der Waals surface area contributed by atoms with Crippen LogP contribution in [0.5, 0.6) is 0 Å². The van der Waals surface area contributed by atoms with Crippen LogP contribution in [0.3, 0.4) is 0 Å². The van der Waals surface area contributed by atoms with Crippen LogP contribution in [0.1, 0.15) is 10.4 Å². The molecule has 1 N–H and O–H groups in total. The molecule has 0 saturated carbocycles. The molecule has 1 amide bonds. The third-order valence-corrected chi connectivity index (χ3v) is 7.52. The fourth-order valence-electron chi connectivity index (χ4n) is 3.11. The Hall–Kier alpha value is -3.47. The summed E-state index contributed by atoms with van der Waals surface area (Å²) in [5.74, 6) is -0.993. The second kappa shape index (κ2) is 9.80. The summed E-state index contributed by atoms with van der Waals surface area (Å²) in [6, 6.07) is 19.1. The minimum Gasteiger partial charge on any atom is -0.468 e. The average molecular weight is 516 g/mol. The van der Waals surface area contributed by atoms with Crippen molar-refractivity contribution in [1.29, 1.82) is 0 Å². The number of fused-ring (bicyclic) bond motifs is 1. The number of hydrogen-bond donors (Lipinski definition) is 1. The van der Waals surface area contributed by atoms with E-state index in [2.05, 4.69) is 9.71 Å². The zero-order valence-electron chi connectivity index (χ0n) is 17.8. The van der Waals surface area contributed by atoms with E-state index in [0.29, 0.717) is 9.82 Å². The number of amides is 1. The number of carbonyl (C=O) groups excluding carboxylic acids is 2. The van der Waals surface area contributed by atoms with Gasteiger partial charge in [-0.05, 0) is 60.7 Å². The van der Waals surface area contributed by atoms with E-state index in [-0.39, 0.29) is 22.7 Å². The van der Waals surface area contributed by atoms with Crippen LogP contribution >= 0.6 is 22.9 Å². The molecule has 4 rings (SSSR count). The van der Waals surface area contributed by atoms with Crippen molar-refractivity contribution in [1.82, 2.24) is 4.57 Å². The topological polar surface area (TPSA) is 107 Å². The minimum absolute atomic E-state index is 0.0620. The first-order valence-corrected chi connectivity index (χ1v) is 12.6. The van der Waals surface area contributed by atoms with Gasteiger partial charge in [-0.1, -0.05) is 35.1 Å². The van der Waals surface area contributed by atoms with Gasteiger partial charge in [0.15, 0.2) is 4.80 Å². The number of halogens is 1. The average Bonchev–Trinajstić information content (AvgIpc) is 3.16. The second-order valence-corrected chi connectivity index (χ2v) is 10.2. The number of rotatable bonds is 6. The van der Waals surface area contributed by atoms with Gasteiger partial charge in [0.25, 0.3) is 15.9 Å². The molecular formula is C23H18ClN3O5S2. The molecule has 3 aromatic carbocycles. The number of anilines is 1. The van der Waals surface area contributed by atoms with Gasteiger partial charge in [-0.15, -0.1) is 0 Å². The maximum absolute atomic E-state index is 12.8. The SMILES string of the molecule is COC(=O)Cn1c(=NC(=O)c2ccc(NS(=O)(=O)c3ccc(Cl)cc3)cc2)sc2ccccc21. The molecule has 1 heterocycles. The third kappa shape index (κ3) is 5.19. The van der Waals surface area contributed by atoms with Gasteiger partial charge < -0.3 is 9.30 Å². The molecule has 0 radical (unpaired) electrons. The van der Waals surface area contributed by atoms with Gasteiger partial charge in [0.1, 0.15) is 6.54 Å². The van der Waals surface area contributed by atoms with E-state index in [0.717, 1.165) is 10.2 Å². The lowest BCUT2D eigenvalue weighted by molar-refractivity contribution is -0.141. The molecule has 0 fully saturated rings. The van der Waals surface area contributed by atoms with E-state index in [1.165, 1.54) is 67.0 Å². The van der Waals surface area contributed by atoms with Crippen LogP contribution in [-0.2, 0) is 26.1 Å². The predicted molar refractivity (Wildman–Crippen MR) is 130 cm³/mol. The molecule has 0 unspecified atom stereocenters. The highest BCUT2D eigenvalue weighted by molar-refractivity contribution is 7.92. The molecule has 0 aliphatic rings. The number of nitrogens with one attached hydrogen (secondary N) is 1. The van der Waals surface area contributed by atoms with E-state index in [1.807, 2.05) is 24.3 Å². The Bertz CT molecular complexity index is 1540. The van der Waals surface area contributed by atoms with Crippen LogP contribution in [0.15, 0.2) is 82.7 Å². The van der Waals surface area contributed by atoms with Gasteiger partial charge in [-0.3, -0.25) is 14.3 Å². The molecule has 1 aromatic heterocycles. The van der Waals surface area contributed by atoms with Crippen molar-refractivity contribution < 1.29 is 22.7 Å². The number of aromatic nitrogens is 1. The normalized spacial score (nSPS) is 12.0. The second-order valence-electron chi connectivity index (χ2n) is 7.07. The van der Waals surface area contributed by atoms with Crippen LogP contribution in [0.4, 0.5) is 5.69 Å². The predicted octanol–water partition coefficient (Wildman–Crippen LogP) is 4.07. The Kier molecular flexibility index (Phi) is 6.82. The number of hydrogen-bond acceptors (Lipinski definition) is 6.